The number of carbonyl (C=O) groups excluding carboxylic acids is 1. The van der Waals surface area contributed by atoms with Crippen molar-refractivity contribution in [2.24, 2.45) is 7.05 Å². The van der Waals surface area contributed by atoms with Crippen molar-refractivity contribution in [2.45, 2.75) is 25.4 Å². The molecule has 0 bridgehead atoms. The number of amides is 1. The molecule has 20 heavy (non-hydrogen) atoms. The molecule has 2 aromatic rings. The molecule has 0 radical (unpaired) electrons. The van der Waals surface area contributed by atoms with E-state index in [1.54, 1.807) is 24.1 Å². The molecule has 1 N–H and O–H groups in total. The van der Waals surface area contributed by atoms with Gasteiger partial charge in [-0.3, -0.25) is 14.2 Å². The van der Waals surface area contributed by atoms with Crippen LogP contribution in [0.25, 0.3) is 0 Å². The summed E-state index contributed by atoms with van der Waals surface area (Å²) in [5.74, 6) is 0.207. The van der Waals surface area contributed by atoms with Gasteiger partial charge in [-0.1, -0.05) is 0 Å². The third-order valence-corrected chi connectivity index (χ3v) is 3.52. The summed E-state index contributed by atoms with van der Waals surface area (Å²) in [6, 6.07) is 2.11. The van der Waals surface area contributed by atoms with E-state index in [9.17, 15) is 4.79 Å². The maximum Gasteiger partial charge on any atom is 0.258 e. The van der Waals surface area contributed by atoms with Crippen LogP contribution < -0.4 is 10.1 Å². The van der Waals surface area contributed by atoms with E-state index < -0.39 is 0 Å². The molecule has 3 rings (SSSR count). The fourth-order valence-corrected chi connectivity index (χ4v) is 2.53. The monoisotopic (exact) mass is 275 g/mol. The Morgan fingerprint density at radius 2 is 2.40 bits per heavy atom. The van der Waals surface area contributed by atoms with E-state index in [2.05, 4.69) is 15.5 Å². The van der Waals surface area contributed by atoms with Gasteiger partial charge in [0.15, 0.2) is 0 Å². The number of carbonyl (C=O) groups is 1. The molecule has 0 unspecified atom stereocenters. The summed E-state index contributed by atoms with van der Waals surface area (Å²) in [6.07, 6.45) is 5.14. The second-order valence-corrected chi connectivity index (χ2v) is 4.93. The molecule has 0 spiro atoms. The Labute approximate surface area is 116 Å². The lowest BCUT2D eigenvalue weighted by atomic mass is 10.0. The number of hydrogen-bond acceptors (Lipinski definition) is 4. The van der Waals surface area contributed by atoms with Crippen LogP contribution in [0.1, 0.15) is 22.5 Å². The van der Waals surface area contributed by atoms with Gasteiger partial charge in [0, 0.05) is 44.1 Å². The van der Waals surface area contributed by atoms with Crippen LogP contribution in [-0.4, -0.2) is 38.6 Å². The molecule has 1 amide bonds. The Hall–Kier alpha value is -2.31. The van der Waals surface area contributed by atoms with Crippen LogP contribution in [0.15, 0.2) is 18.5 Å². The Balaban J connectivity index is 1.71. The van der Waals surface area contributed by atoms with Crippen LogP contribution in [0, 0.1) is 0 Å². The fraction of sp³-hybridized carbons (Fsp3) is 0.462. The second-order valence-electron chi connectivity index (χ2n) is 4.93. The summed E-state index contributed by atoms with van der Waals surface area (Å²) < 4.78 is 8.67. The number of aromatic nitrogens is 4. The van der Waals surface area contributed by atoms with Gasteiger partial charge in [0.2, 0.25) is 5.88 Å². The van der Waals surface area contributed by atoms with Crippen LogP contribution in [0.5, 0.6) is 5.88 Å². The third kappa shape index (κ3) is 2.26. The lowest BCUT2D eigenvalue weighted by molar-refractivity contribution is 0.0927. The highest BCUT2D eigenvalue weighted by molar-refractivity contribution is 5.96. The zero-order chi connectivity index (χ0) is 14.1. The normalized spacial score (nSPS) is 17.6. The Kier molecular flexibility index (Phi) is 3.17. The summed E-state index contributed by atoms with van der Waals surface area (Å²) in [5, 5.41) is 11.4. The largest absolute Gasteiger partial charge is 0.479 e. The van der Waals surface area contributed by atoms with Gasteiger partial charge in [0.1, 0.15) is 5.56 Å². The SMILES string of the molecule is COc1nn(C)cc1C(=O)N[C@@H]1CCn2nccc2C1. The number of hydrogen-bond donors (Lipinski definition) is 1. The van der Waals surface area contributed by atoms with E-state index in [4.69, 9.17) is 4.74 Å². The summed E-state index contributed by atoms with van der Waals surface area (Å²) >= 11 is 0. The van der Waals surface area contributed by atoms with E-state index in [0.29, 0.717) is 11.4 Å². The van der Waals surface area contributed by atoms with Crippen LogP contribution in [0.2, 0.25) is 0 Å². The molecule has 106 valence electrons. The van der Waals surface area contributed by atoms with E-state index in [-0.39, 0.29) is 11.9 Å². The van der Waals surface area contributed by atoms with Crippen LogP contribution in [-0.2, 0) is 20.0 Å². The van der Waals surface area contributed by atoms with Crippen molar-refractivity contribution >= 4 is 5.91 Å². The maximum atomic E-state index is 12.3. The number of fused-ring (bicyclic) bond motifs is 1. The van der Waals surface area contributed by atoms with Crippen molar-refractivity contribution in [3.05, 3.63) is 29.7 Å². The zero-order valence-electron chi connectivity index (χ0n) is 11.5. The Morgan fingerprint density at radius 3 is 3.20 bits per heavy atom. The number of nitrogens with zero attached hydrogens (tertiary/aromatic N) is 4. The van der Waals surface area contributed by atoms with Gasteiger partial charge < -0.3 is 10.1 Å². The lowest BCUT2D eigenvalue weighted by Gasteiger charge is -2.24. The first-order valence-corrected chi connectivity index (χ1v) is 6.56. The first-order chi connectivity index (χ1) is 9.67. The Bertz CT molecular complexity index is 630. The fourth-order valence-electron chi connectivity index (χ4n) is 2.53. The van der Waals surface area contributed by atoms with Gasteiger partial charge in [-0.2, -0.15) is 5.10 Å². The first kappa shape index (κ1) is 12.7. The molecule has 2 aromatic heterocycles. The highest BCUT2D eigenvalue weighted by Crippen LogP contribution is 2.17. The van der Waals surface area contributed by atoms with Gasteiger partial charge in [0.05, 0.1) is 7.11 Å². The summed E-state index contributed by atoms with van der Waals surface area (Å²) in [6.45, 7) is 0.831. The van der Waals surface area contributed by atoms with Crippen molar-refractivity contribution < 1.29 is 9.53 Å². The standard InChI is InChI=1S/C13H17N5O2/c1-17-8-11(13(16-17)20-2)12(19)15-9-4-6-18-10(7-9)3-5-14-18/h3,5,8-9H,4,6-7H2,1-2H3,(H,15,19)/t9-/m1/s1. The number of ether oxygens (including phenoxy) is 1. The summed E-state index contributed by atoms with van der Waals surface area (Å²) in [5.41, 5.74) is 1.62. The molecule has 1 aliphatic heterocycles. The van der Waals surface area contributed by atoms with Gasteiger partial charge >= 0.3 is 0 Å². The number of rotatable bonds is 3. The van der Waals surface area contributed by atoms with E-state index in [1.165, 1.54) is 7.11 Å². The predicted octanol–water partition coefficient (Wildman–Crippen LogP) is 0.370. The van der Waals surface area contributed by atoms with Crippen LogP contribution in [0.3, 0.4) is 0 Å². The molecule has 0 saturated heterocycles. The predicted molar refractivity (Wildman–Crippen MR) is 71.6 cm³/mol. The van der Waals surface area contributed by atoms with Crippen molar-refractivity contribution in [1.29, 1.82) is 0 Å². The highest BCUT2D eigenvalue weighted by Gasteiger charge is 2.23. The molecule has 7 heteroatoms. The molecule has 1 aliphatic rings. The molecule has 0 saturated carbocycles. The first-order valence-electron chi connectivity index (χ1n) is 6.56. The molecule has 7 nitrogen and oxygen atoms in total. The number of aryl methyl sites for hydroxylation is 2. The molecule has 0 fully saturated rings. The van der Waals surface area contributed by atoms with E-state index in [1.807, 2.05) is 10.7 Å². The minimum atomic E-state index is -0.145. The van der Waals surface area contributed by atoms with Crippen LogP contribution in [0.4, 0.5) is 0 Å². The molecule has 1 atom stereocenters. The number of methoxy groups -OCH3 is 1. The summed E-state index contributed by atoms with van der Waals surface area (Å²) in [4.78, 5) is 12.3. The minimum absolute atomic E-state index is 0.122. The molecular formula is C13H17N5O2. The van der Waals surface area contributed by atoms with Gasteiger partial charge in [-0.05, 0) is 12.5 Å². The molecule has 0 aromatic carbocycles. The average molecular weight is 275 g/mol. The summed E-state index contributed by atoms with van der Waals surface area (Å²) in [7, 11) is 3.27. The molecule has 3 heterocycles. The van der Waals surface area contributed by atoms with Crippen molar-refractivity contribution in [3.8, 4) is 5.88 Å². The van der Waals surface area contributed by atoms with Gasteiger partial charge in [-0.15, -0.1) is 5.10 Å². The highest BCUT2D eigenvalue weighted by atomic mass is 16.5. The zero-order valence-corrected chi connectivity index (χ0v) is 11.5. The van der Waals surface area contributed by atoms with Crippen molar-refractivity contribution in [2.75, 3.05) is 7.11 Å². The maximum absolute atomic E-state index is 12.3. The van der Waals surface area contributed by atoms with Crippen molar-refractivity contribution in [3.63, 3.8) is 0 Å². The molecular weight excluding hydrogens is 258 g/mol. The number of nitrogens with one attached hydrogen (secondary N) is 1. The van der Waals surface area contributed by atoms with E-state index >= 15 is 0 Å². The quantitative estimate of drug-likeness (QED) is 0.878. The second kappa shape index (κ2) is 4.99. The minimum Gasteiger partial charge on any atom is -0.479 e. The van der Waals surface area contributed by atoms with Crippen LogP contribution >= 0.6 is 0 Å². The lowest BCUT2D eigenvalue weighted by Crippen LogP contribution is -2.40. The van der Waals surface area contributed by atoms with E-state index in [0.717, 1.165) is 25.1 Å². The van der Waals surface area contributed by atoms with Gasteiger partial charge in [0.25, 0.3) is 5.91 Å². The third-order valence-electron chi connectivity index (χ3n) is 3.52. The smallest absolute Gasteiger partial charge is 0.258 e. The van der Waals surface area contributed by atoms with Gasteiger partial charge in [-0.25, -0.2) is 0 Å². The average Bonchev–Trinajstić information content (AvgIpc) is 3.03. The molecule has 0 aliphatic carbocycles. The topological polar surface area (TPSA) is 74.0 Å². The Morgan fingerprint density at radius 1 is 1.55 bits per heavy atom. The van der Waals surface area contributed by atoms with Crippen molar-refractivity contribution in [1.82, 2.24) is 24.9 Å².